The predicted octanol–water partition coefficient (Wildman–Crippen LogP) is 2.41. The van der Waals surface area contributed by atoms with E-state index in [1.165, 1.54) is 6.20 Å². The normalized spacial score (nSPS) is 11.9. The Balaban J connectivity index is 2.12. The van der Waals surface area contributed by atoms with Crippen molar-refractivity contribution in [3.8, 4) is 0 Å². The van der Waals surface area contributed by atoms with E-state index < -0.39 is 12.0 Å². The first-order valence-corrected chi connectivity index (χ1v) is 5.70. The molecule has 0 spiro atoms. The van der Waals surface area contributed by atoms with E-state index in [1.54, 1.807) is 36.4 Å². The highest BCUT2D eigenvalue weighted by molar-refractivity contribution is 6.33. The molecule has 92 valence electrons. The van der Waals surface area contributed by atoms with Crippen molar-refractivity contribution in [2.24, 2.45) is 0 Å². The Kier molecular flexibility index (Phi) is 3.92. The Morgan fingerprint density at radius 1 is 1.22 bits per heavy atom. The summed E-state index contributed by atoms with van der Waals surface area (Å²) in [6.45, 7) is 0. The number of aliphatic hydroxyl groups is 1. The summed E-state index contributed by atoms with van der Waals surface area (Å²) >= 11 is 5.86. The molecule has 0 saturated carbocycles. The van der Waals surface area contributed by atoms with Crippen LogP contribution in [-0.2, 0) is 4.79 Å². The second-order valence-electron chi connectivity index (χ2n) is 3.64. The van der Waals surface area contributed by atoms with E-state index in [4.69, 9.17) is 11.6 Å². The fourth-order valence-corrected chi connectivity index (χ4v) is 1.62. The molecule has 1 amide bonds. The minimum absolute atomic E-state index is 0.235. The maximum atomic E-state index is 11.8. The number of rotatable bonds is 3. The number of hydrogen-bond donors (Lipinski definition) is 2. The second kappa shape index (κ2) is 5.62. The number of carbonyl (C=O) groups excluding carboxylic acids is 1. The first-order chi connectivity index (χ1) is 8.68. The summed E-state index contributed by atoms with van der Waals surface area (Å²) in [5.41, 5.74) is 0.516. The minimum Gasteiger partial charge on any atom is -0.378 e. The van der Waals surface area contributed by atoms with E-state index in [0.29, 0.717) is 10.6 Å². The first kappa shape index (κ1) is 12.5. The van der Waals surface area contributed by atoms with Gasteiger partial charge in [-0.05, 0) is 17.7 Å². The Hall–Kier alpha value is -1.91. The molecule has 0 saturated heterocycles. The number of nitrogens with zero attached hydrogens (tertiary/aromatic N) is 1. The number of carbonyl (C=O) groups is 1. The van der Waals surface area contributed by atoms with Crippen LogP contribution in [0.1, 0.15) is 11.7 Å². The van der Waals surface area contributed by atoms with Crippen molar-refractivity contribution in [1.82, 2.24) is 4.98 Å². The van der Waals surface area contributed by atoms with Crippen LogP contribution in [0.5, 0.6) is 0 Å². The summed E-state index contributed by atoms with van der Waals surface area (Å²) < 4.78 is 0. The van der Waals surface area contributed by atoms with E-state index in [2.05, 4.69) is 10.3 Å². The van der Waals surface area contributed by atoms with Crippen LogP contribution >= 0.6 is 11.6 Å². The van der Waals surface area contributed by atoms with E-state index in [0.717, 1.165) is 0 Å². The number of benzene rings is 1. The third-order valence-electron chi connectivity index (χ3n) is 2.36. The van der Waals surface area contributed by atoms with Crippen LogP contribution < -0.4 is 5.32 Å². The van der Waals surface area contributed by atoms with Crippen molar-refractivity contribution in [2.75, 3.05) is 5.32 Å². The van der Waals surface area contributed by atoms with Crippen molar-refractivity contribution in [3.63, 3.8) is 0 Å². The molecule has 0 aliphatic heterocycles. The van der Waals surface area contributed by atoms with Crippen LogP contribution in [0.15, 0.2) is 48.7 Å². The average molecular weight is 263 g/mol. The molecule has 1 atom stereocenters. The topological polar surface area (TPSA) is 62.2 Å². The summed E-state index contributed by atoms with van der Waals surface area (Å²) in [5, 5.41) is 12.7. The highest BCUT2D eigenvalue weighted by Gasteiger charge is 2.18. The lowest BCUT2D eigenvalue weighted by atomic mass is 10.1. The zero-order valence-electron chi connectivity index (χ0n) is 9.38. The van der Waals surface area contributed by atoms with Gasteiger partial charge in [0.1, 0.15) is 0 Å². The monoisotopic (exact) mass is 262 g/mol. The molecule has 0 fully saturated rings. The van der Waals surface area contributed by atoms with Gasteiger partial charge in [0.15, 0.2) is 11.9 Å². The van der Waals surface area contributed by atoms with Gasteiger partial charge in [0.25, 0.3) is 5.91 Å². The van der Waals surface area contributed by atoms with Crippen LogP contribution in [0.4, 0.5) is 5.82 Å². The van der Waals surface area contributed by atoms with Crippen molar-refractivity contribution in [3.05, 3.63) is 59.2 Å². The van der Waals surface area contributed by atoms with Gasteiger partial charge in [-0.2, -0.15) is 0 Å². The molecule has 0 aliphatic rings. The summed E-state index contributed by atoms with van der Waals surface area (Å²) in [6.07, 6.45) is 0.264. The van der Waals surface area contributed by atoms with Gasteiger partial charge in [-0.25, -0.2) is 4.98 Å². The van der Waals surface area contributed by atoms with Crippen LogP contribution in [0.25, 0.3) is 0 Å². The lowest BCUT2D eigenvalue weighted by Crippen LogP contribution is -2.21. The lowest BCUT2D eigenvalue weighted by molar-refractivity contribution is -0.124. The number of aromatic nitrogens is 1. The fourth-order valence-electron chi connectivity index (χ4n) is 1.45. The number of aliphatic hydroxyl groups excluding tert-OH is 1. The van der Waals surface area contributed by atoms with Crippen molar-refractivity contribution in [1.29, 1.82) is 0 Å². The summed E-state index contributed by atoms with van der Waals surface area (Å²) in [5.74, 6) is -0.332. The van der Waals surface area contributed by atoms with Gasteiger partial charge in [0.05, 0.1) is 5.02 Å². The third-order valence-corrected chi connectivity index (χ3v) is 2.67. The highest BCUT2D eigenvalue weighted by atomic mass is 35.5. The smallest absolute Gasteiger partial charge is 0.259 e. The third kappa shape index (κ3) is 2.85. The Morgan fingerprint density at radius 3 is 2.61 bits per heavy atom. The molecule has 2 rings (SSSR count). The highest BCUT2D eigenvalue weighted by Crippen LogP contribution is 2.20. The summed E-state index contributed by atoms with van der Waals surface area (Å²) in [7, 11) is 0. The molecule has 5 heteroatoms. The molecule has 0 aliphatic carbocycles. The largest absolute Gasteiger partial charge is 0.378 e. The maximum Gasteiger partial charge on any atom is 0.259 e. The van der Waals surface area contributed by atoms with Gasteiger partial charge in [0, 0.05) is 6.20 Å². The number of pyridine rings is 1. The van der Waals surface area contributed by atoms with Gasteiger partial charge >= 0.3 is 0 Å². The zero-order valence-corrected chi connectivity index (χ0v) is 10.1. The number of nitrogens with one attached hydrogen (secondary N) is 1. The molecule has 0 radical (unpaired) electrons. The Labute approximate surface area is 109 Å². The molecule has 2 N–H and O–H groups in total. The second-order valence-corrected chi connectivity index (χ2v) is 4.04. The van der Waals surface area contributed by atoms with E-state index in [9.17, 15) is 9.90 Å². The van der Waals surface area contributed by atoms with Crippen molar-refractivity contribution < 1.29 is 9.90 Å². The molecular weight excluding hydrogens is 252 g/mol. The van der Waals surface area contributed by atoms with E-state index >= 15 is 0 Å². The quantitative estimate of drug-likeness (QED) is 0.893. The van der Waals surface area contributed by atoms with Gasteiger partial charge < -0.3 is 10.4 Å². The minimum atomic E-state index is -1.25. The van der Waals surface area contributed by atoms with E-state index in [-0.39, 0.29) is 5.82 Å². The molecule has 1 aromatic carbocycles. The maximum absolute atomic E-state index is 11.8. The standard InChI is InChI=1S/C13H11ClN2O2/c14-10-7-4-8-15-12(10)16-13(18)11(17)9-5-2-1-3-6-9/h1-8,11,17H,(H,15,16,18). The van der Waals surface area contributed by atoms with Gasteiger partial charge in [-0.15, -0.1) is 0 Å². The van der Waals surface area contributed by atoms with Crippen LogP contribution in [0.3, 0.4) is 0 Å². The first-order valence-electron chi connectivity index (χ1n) is 5.33. The molecular formula is C13H11ClN2O2. The zero-order chi connectivity index (χ0) is 13.0. The molecule has 1 aromatic heterocycles. The predicted molar refractivity (Wildman–Crippen MR) is 69.3 cm³/mol. The van der Waals surface area contributed by atoms with Gasteiger partial charge in [-0.3, -0.25) is 4.79 Å². The number of hydrogen-bond acceptors (Lipinski definition) is 3. The van der Waals surface area contributed by atoms with Gasteiger partial charge in [0.2, 0.25) is 0 Å². The number of amides is 1. The number of halogens is 1. The molecule has 0 bridgehead atoms. The molecule has 4 nitrogen and oxygen atoms in total. The molecule has 18 heavy (non-hydrogen) atoms. The number of anilines is 1. The van der Waals surface area contributed by atoms with Crippen LogP contribution in [-0.4, -0.2) is 16.0 Å². The molecule has 1 unspecified atom stereocenters. The fraction of sp³-hybridized carbons (Fsp3) is 0.0769. The van der Waals surface area contributed by atoms with Crippen molar-refractivity contribution in [2.45, 2.75) is 6.10 Å². The van der Waals surface area contributed by atoms with Crippen LogP contribution in [0.2, 0.25) is 5.02 Å². The van der Waals surface area contributed by atoms with E-state index in [1.807, 2.05) is 6.07 Å². The van der Waals surface area contributed by atoms with Crippen molar-refractivity contribution >= 4 is 23.3 Å². The summed E-state index contributed by atoms with van der Waals surface area (Å²) in [4.78, 5) is 15.7. The summed E-state index contributed by atoms with van der Waals surface area (Å²) in [6, 6.07) is 11.9. The Bertz CT molecular complexity index is 546. The molecule has 2 aromatic rings. The SMILES string of the molecule is O=C(Nc1ncccc1Cl)C(O)c1ccccc1. The lowest BCUT2D eigenvalue weighted by Gasteiger charge is -2.11. The Morgan fingerprint density at radius 2 is 1.94 bits per heavy atom. The van der Waals surface area contributed by atoms with Gasteiger partial charge in [-0.1, -0.05) is 41.9 Å². The average Bonchev–Trinajstić information content (AvgIpc) is 2.41. The molecule has 1 heterocycles. The van der Waals surface area contributed by atoms with Crippen LogP contribution in [0, 0.1) is 0 Å².